The molecular weight excluding hydrogens is 346 g/mol. The Morgan fingerprint density at radius 3 is 2.78 bits per heavy atom. The molecule has 2 fully saturated rings. The Morgan fingerprint density at radius 1 is 1.37 bits per heavy atom. The molecule has 2 N–H and O–H groups in total. The molecule has 1 aromatic rings. The van der Waals surface area contributed by atoms with Crippen LogP contribution in [0.1, 0.15) is 43.2 Å². The van der Waals surface area contributed by atoms with Gasteiger partial charge in [0.05, 0.1) is 7.11 Å². The molecule has 6 rings (SSSR count). The molecule has 1 saturated heterocycles. The van der Waals surface area contributed by atoms with E-state index in [9.17, 15) is 19.8 Å². The van der Waals surface area contributed by atoms with Gasteiger partial charge in [-0.3, -0.25) is 9.69 Å². The first kappa shape index (κ1) is 16.8. The van der Waals surface area contributed by atoms with Crippen LogP contribution in [0.4, 0.5) is 0 Å². The van der Waals surface area contributed by atoms with E-state index < -0.39 is 5.41 Å². The lowest BCUT2D eigenvalue weighted by molar-refractivity contribution is -0.232. The number of rotatable bonds is 3. The van der Waals surface area contributed by atoms with E-state index in [0.717, 1.165) is 5.56 Å². The van der Waals surface area contributed by atoms with Gasteiger partial charge in [0.25, 0.3) is 0 Å². The Bertz CT molecular complexity index is 937. The predicted octanol–water partition coefficient (Wildman–Crippen LogP) is 1.99. The molecule has 0 radical (unpaired) electrons. The van der Waals surface area contributed by atoms with Gasteiger partial charge in [-0.1, -0.05) is 6.07 Å². The number of Topliss-reactive ketones (excluding diaryl/α,β-unsaturated/α-hetero) is 2. The van der Waals surface area contributed by atoms with Crippen LogP contribution >= 0.6 is 0 Å². The number of ether oxygens (including phenoxy) is 1. The third-order valence-electron chi connectivity index (χ3n) is 7.54. The average molecular weight is 369 g/mol. The van der Waals surface area contributed by atoms with Crippen LogP contribution in [0.2, 0.25) is 0 Å². The minimum atomic E-state index is -0.517. The molecule has 0 amide bonds. The molecule has 0 aromatic heterocycles. The summed E-state index contributed by atoms with van der Waals surface area (Å²) in [5.41, 5.74) is 0.747. The van der Waals surface area contributed by atoms with Gasteiger partial charge in [-0.05, 0) is 38.1 Å². The second-order valence-corrected chi connectivity index (χ2v) is 8.63. The van der Waals surface area contributed by atoms with Gasteiger partial charge in [0.2, 0.25) is 0 Å². The predicted molar refractivity (Wildman–Crippen MR) is 96.6 cm³/mol. The fraction of sp³-hybridized carbons (Fsp3) is 0.524. The highest BCUT2D eigenvalue weighted by molar-refractivity contribution is 5.97. The van der Waals surface area contributed by atoms with Crippen LogP contribution in [0.3, 0.4) is 0 Å². The van der Waals surface area contributed by atoms with E-state index in [4.69, 9.17) is 4.74 Å². The van der Waals surface area contributed by atoms with Gasteiger partial charge in [0, 0.05) is 47.2 Å². The molecule has 6 nitrogen and oxygen atoms in total. The van der Waals surface area contributed by atoms with E-state index in [0.29, 0.717) is 24.2 Å². The smallest absolute Gasteiger partial charge is 0.197 e. The number of carbonyl (C=O) groups excluding carboxylic acids is 2. The molecule has 2 spiro atoms. The number of ketones is 2. The fourth-order valence-corrected chi connectivity index (χ4v) is 6.71. The number of allylic oxidation sites excluding steroid dienone is 1. The van der Waals surface area contributed by atoms with Gasteiger partial charge in [-0.25, -0.2) is 0 Å². The summed E-state index contributed by atoms with van der Waals surface area (Å²) in [6, 6.07) is 3.43. The highest BCUT2D eigenvalue weighted by Gasteiger charge is 2.80. The first-order valence-electron chi connectivity index (χ1n) is 9.34. The summed E-state index contributed by atoms with van der Waals surface area (Å²) in [6.45, 7) is 1.58. The Morgan fingerprint density at radius 2 is 2.11 bits per heavy atom. The molecule has 6 heteroatoms. The molecular formula is C21H23NO5. The van der Waals surface area contributed by atoms with E-state index in [1.165, 1.54) is 13.2 Å². The molecule has 4 aliphatic carbocycles. The van der Waals surface area contributed by atoms with Crippen LogP contribution in [0.25, 0.3) is 0 Å². The number of fused-ring (bicyclic) bond motifs is 3. The van der Waals surface area contributed by atoms with Crippen molar-refractivity contribution in [2.24, 2.45) is 5.92 Å². The number of phenolic OH excluding ortho intramolecular Hbond substituents is 2. The van der Waals surface area contributed by atoms with Crippen molar-refractivity contribution in [3.8, 4) is 11.5 Å². The number of hydrogen-bond donors (Lipinski definition) is 2. The summed E-state index contributed by atoms with van der Waals surface area (Å²) in [6.07, 6.45) is 3.27. The standard InChI is InChI=1S/C21H23NO5/c1-10(23)6-12-11-4-5-13(24)18(26)16(11)20-7-14(25)15(27-3)8-21(9-20)19(20)17(12)22(21)2/h4-5,8,12,17,19,24,26H,6-7,9H2,1-3H3/t12-,17+,19?,20-,21?/m1/s1. The number of likely N-dealkylation sites (N-methyl/N-ethyl adjacent to an activating group) is 1. The molecule has 1 heterocycles. The molecule has 1 saturated carbocycles. The maximum Gasteiger partial charge on any atom is 0.197 e. The fourth-order valence-electron chi connectivity index (χ4n) is 6.71. The molecule has 1 aliphatic heterocycles. The zero-order valence-electron chi connectivity index (χ0n) is 15.7. The van der Waals surface area contributed by atoms with Crippen molar-refractivity contribution in [3.63, 3.8) is 0 Å². The van der Waals surface area contributed by atoms with E-state index >= 15 is 0 Å². The van der Waals surface area contributed by atoms with Crippen molar-refractivity contribution in [3.05, 3.63) is 35.1 Å². The number of nitrogens with zero attached hydrogens (tertiary/aromatic N) is 1. The minimum Gasteiger partial charge on any atom is -0.504 e. The van der Waals surface area contributed by atoms with Gasteiger partial charge in [-0.15, -0.1) is 0 Å². The molecule has 5 aliphatic rings. The Labute approximate surface area is 157 Å². The molecule has 142 valence electrons. The Kier molecular flexibility index (Phi) is 3.07. The molecule has 27 heavy (non-hydrogen) atoms. The number of methoxy groups -OCH3 is 1. The topological polar surface area (TPSA) is 87.1 Å². The lowest BCUT2D eigenvalue weighted by Crippen LogP contribution is -2.86. The number of phenols is 2. The van der Waals surface area contributed by atoms with Crippen LogP contribution in [0.15, 0.2) is 24.0 Å². The quantitative estimate of drug-likeness (QED) is 0.793. The maximum absolute atomic E-state index is 12.9. The van der Waals surface area contributed by atoms with Gasteiger partial charge >= 0.3 is 0 Å². The summed E-state index contributed by atoms with van der Waals surface area (Å²) in [5.74, 6) is 0.131. The zero-order chi connectivity index (χ0) is 19.3. The van der Waals surface area contributed by atoms with Crippen LogP contribution < -0.4 is 0 Å². The number of benzene rings is 1. The van der Waals surface area contributed by atoms with Gasteiger partial charge < -0.3 is 19.7 Å². The molecule has 1 aromatic carbocycles. The lowest BCUT2D eigenvalue weighted by atomic mass is 9.34. The van der Waals surface area contributed by atoms with Crippen LogP contribution in [0, 0.1) is 5.92 Å². The highest BCUT2D eigenvalue weighted by Crippen LogP contribution is 2.76. The maximum atomic E-state index is 12.9. The summed E-state index contributed by atoms with van der Waals surface area (Å²) in [4.78, 5) is 27.1. The van der Waals surface area contributed by atoms with Crippen molar-refractivity contribution >= 4 is 11.6 Å². The van der Waals surface area contributed by atoms with Gasteiger partial charge in [-0.2, -0.15) is 0 Å². The molecule has 2 bridgehead atoms. The van der Waals surface area contributed by atoms with Gasteiger partial charge in [0.15, 0.2) is 23.0 Å². The lowest BCUT2D eigenvalue weighted by Gasteiger charge is -2.79. The van der Waals surface area contributed by atoms with Crippen LogP contribution in [-0.4, -0.2) is 52.4 Å². The van der Waals surface area contributed by atoms with Crippen molar-refractivity contribution in [1.82, 2.24) is 4.90 Å². The first-order valence-corrected chi connectivity index (χ1v) is 9.34. The number of hydrogen-bond acceptors (Lipinski definition) is 6. The van der Waals surface area contributed by atoms with E-state index in [1.54, 1.807) is 6.92 Å². The van der Waals surface area contributed by atoms with Crippen molar-refractivity contribution in [2.75, 3.05) is 14.2 Å². The van der Waals surface area contributed by atoms with Crippen molar-refractivity contribution in [2.45, 2.75) is 49.1 Å². The minimum absolute atomic E-state index is 0.0619. The van der Waals surface area contributed by atoms with E-state index in [1.807, 2.05) is 19.2 Å². The van der Waals surface area contributed by atoms with E-state index in [-0.39, 0.29) is 52.9 Å². The monoisotopic (exact) mass is 369 g/mol. The zero-order valence-corrected chi connectivity index (χ0v) is 15.7. The summed E-state index contributed by atoms with van der Waals surface area (Å²) >= 11 is 0. The summed E-state index contributed by atoms with van der Waals surface area (Å²) in [7, 11) is 3.55. The van der Waals surface area contributed by atoms with Crippen LogP contribution in [-0.2, 0) is 19.7 Å². The van der Waals surface area contributed by atoms with Crippen molar-refractivity contribution in [1.29, 1.82) is 0 Å². The summed E-state index contributed by atoms with van der Waals surface area (Å²) < 4.78 is 5.37. The molecule has 5 atom stereocenters. The largest absolute Gasteiger partial charge is 0.504 e. The average Bonchev–Trinajstić information content (AvgIpc) is 2.80. The normalized spacial score (nSPS) is 38.6. The third kappa shape index (κ3) is 1.71. The second kappa shape index (κ2) is 4.93. The van der Waals surface area contributed by atoms with Crippen LogP contribution in [0.5, 0.6) is 11.5 Å². The number of likely N-dealkylation sites (tertiary alicyclic amines) is 1. The molecule has 2 unspecified atom stereocenters. The Hall–Kier alpha value is -2.34. The third-order valence-corrected chi connectivity index (χ3v) is 7.54. The first-order chi connectivity index (χ1) is 12.8. The SMILES string of the molecule is COC1=CC23C[C@]4(CC1=O)c1c(ccc(O)c1O)[C@@H](CC(C)=O)[C@@H](C24)N3C. The number of piperidine rings is 1. The summed E-state index contributed by atoms with van der Waals surface area (Å²) in [5, 5.41) is 21.0. The van der Waals surface area contributed by atoms with Gasteiger partial charge in [0.1, 0.15) is 5.78 Å². The highest BCUT2D eigenvalue weighted by atomic mass is 16.5. The number of carbonyl (C=O) groups is 2. The van der Waals surface area contributed by atoms with E-state index in [2.05, 4.69) is 4.90 Å². The Balaban J connectivity index is 1.77. The van der Waals surface area contributed by atoms with Crippen molar-refractivity contribution < 1.29 is 24.5 Å². The number of aromatic hydroxyl groups is 2. The second-order valence-electron chi connectivity index (χ2n) is 8.63.